The average Bonchev–Trinajstić information content (AvgIpc) is 3.18. The molecule has 2 heteroatoms. The lowest BCUT2D eigenvalue weighted by Crippen LogP contribution is -2.50. The Kier molecular flexibility index (Phi) is 2.33. The van der Waals surface area contributed by atoms with Gasteiger partial charge in [-0.25, -0.2) is 0 Å². The standard InChI is InChI=1S/C16H21NO/c18-16(12-4-2-1-3-5-12)10-14-8-9-15(11-16)17(14)13-6-7-13/h1-5,13-15,18H,6-11H2/t14-,15-/m0/s1. The van der Waals surface area contributed by atoms with Crippen LogP contribution in [0.15, 0.2) is 30.3 Å². The molecule has 0 spiro atoms. The Balaban J connectivity index is 1.63. The molecule has 3 fully saturated rings. The van der Waals surface area contributed by atoms with Gasteiger partial charge in [0.2, 0.25) is 0 Å². The highest BCUT2D eigenvalue weighted by molar-refractivity contribution is 5.25. The van der Waals surface area contributed by atoms with E-state index in [1.807, 2.05) is 18.2 Å². The first-order chi connectivity index (χ1) is 8.76. The first-order valence-corrected chi connectivity index (χ1v) is 7.32. The summed E-state index contributed by atoms with van der Waals surface area (Å²) in [7, 11) is 0. The summed E-state index contributed by atoms with van der Waals surface area (Å²) in [5.74, 6) is 0. The predicted octanol–water partition coefficient (Wildman–Crippen LogP) is 2.66. The van der Waals surface area contributed by atoms with Gasteiger partial charge in [-0.1, -0.05) is 30.3 Å². The van der Waals surface area contributed by atoms with Gasteiger partial charge >= 0.3 is 0 Å². The summed E-state index contributed by atoms with van der Waals surface area (Å²) in [6.45, 7) is 0. The van der Waals surface area contributed by atoms with Crippen LogP contribution in [0.2, 0.25) is 0 Å². The van der Waals surface area contributed by atoms with Crippen molar-refractivity contribution in [3.63, 3.8) is 0 Å². The number of rotatable bonds is 2. The number of hydrogen-bond acceptors (Lipinski definition) is 2. The molecule has 0 aromatic heterocycles. The molecule has 2 aliphatic heterocycles. The molecule has 1 aromatic carbocycles. The molecular weight excluding hydrogens is 222 g/mol. The minimum absolute atomic E-state index is 0.571. The maximum absolute atomic E-state index is 11.0. The topological polar surface area (TPSA) is 23.5 Å². The van der Waals surface area contributed by atoms with E-state index >= 15 is 0 Å². The Morgan fingerprint density at radius 3 is 2.00 bits per heavy atom. The zero-order valence-corrected chi connectivity index (χ0v) is 10.8. The van der Waals surface area contributed by atoms with Crippen LogP contribution >= 0.6 is 0 Å². The van der Waals surface area contributed by atoms with Crippen molar-refractivity contribution in [2.75, 3.05) is 0 Å². The van der Waals surface area contributed by atoms with Gasteiger partial charge in [-0.3, -0.25) is 4.90 Å². The molecule has 2 saturated heterocycles. The maximum Gasteiger partial charge on any atom is 0.0926 e. The van der Waals surface area contributed by atoms with Gasteiger partial charge in [-0.2, -0.15) is 0 Å². The molecule has 1 N–H and O–H groups in total. The van der Waals surface area contributed by atoms with Gasteiger partial charge in [0.15, 0.2) is 0 Å². The van der Waals surface area contributed by atoms with Crippen LogP contribution in [0.3, 0.4) is 0 Å². The van der Waals surface area contributed by atoms with E-state index in [-0.39, 0.29) is 0 Å². The first kappa shape index (κ1) is 11.0. The van der Waals surface area contributed by atoms with Crippen LogP contribution in [0.25, 0.3) is 0 Å². The third-order valence-corrected chi connectivity index (χ3v) is 5.10. The number of nitrogens with zero attached hydrogens (tertiary/aromatic N) is 1. The molecule has 3 aliphatic rings. The minimum atomic E-state index is -0.571. The van der Waals surface area contributed by atoms with Gasteiger partial charge < -0.3 is 5.11 Å². The third kappa shape index (κ3) is 1.63. The summed E-state index contributed by atoms with van der Waals surface area (Å²) in [5.41, 5.74) is 0.552. The van der Waals surface area contributed by atoms with Gasteiger partial charge in [0.25, 0.3) is 0 Å². The molecule has 18 heavy (non-hydrogen) atoms. The predicted molar refractivity (Wildman–Crippen MR) is 71.2 cm³/mol. The third-order valence-electron chi connectivity index (χ3n) is 5.10. The first-order valence-electron chi connectivity index (χ1n) is 7.32. The lowest BCUT2D eigenvalue weighted by atomic mass is 9.80. The average molecular weight is 243 g/mol. The van der Waals surface area contributed by atoms with Gasteiger partial charge in [0.1, 0.15) is 0 Å². The molecular formula is C16H21NO. The quantitative estimate of drug-likeness (QED) is 0.863. The Bertz CT molecular complexity index is 426. The highest BCUT2D eigenvalue weighted by Crippen LogP contribution is 2.49. The molecule has 1 aromatic rings. The molecule has 2 nitrogen and oxygen atoms in total. The molecule has 0 amide bonds. The fourth-order valence-electron chi connectivity index (χ4n) is 4.21. The molecule has 4 rings (SSSR count). The van der Waals surface area contributed by atoms with E-state index in [0.717, 1.165) is 24.4 Å². The second kappa shape index (κ2) is 3.82. The lowest BCUT2D eigenvalue weighted by molar-refractivity contribution is -0.0594. The van der Waals surface area contributed by atoms with Gasteiger partial charge in [-0.15, -0.1) is 0 Å². The Labute approximate surface area is 109 Å². The van der Waals surface area contributed by atoms with E-state index in [1.165, 1.54) is 25.7 Å². The molecule has 2 atom stereocenters. The number of fused-ring (bicyclic) bond motifs is 2. The van der Waals surface area contributed by atoms with E-state index in [9.17, 15) is 5.11 Å². The minimum Gasteiger partial charge on any atom is -0.385 e. The number of benzene rings is 1. The normalized spacial score (nSPS) is 40.1. The largest absolute Gasteiger partial charge is 0.385 e. The van der Waals surface area contributed by atoms with Crippen molar-refractivity contribution in [1.82, 2.24) is 4.90 Å². The van der Waals surface area contributed by atoms with Crippen molar-refractivity contribution in [2.24, 2.45) is 0 Å². The maximum atomic E-state index is 11.0. The number of piperidine rings is 1. The summed E-state index contributed by atoms with van der Waals surface area (Å²) in [5, 5.41) is 11.0. The molecule has 96 valence electrons. The van der Waals surface area contributed by atoms with Crippen molar-refractivity contribution < 1.29 is 5.11 Å². The van der Waals surface area contributed by atoms with Gasteiger partial charge in [0.05, 0.1) is 5.60 Å². The van der Waals surface area contributed by atoms with Crippen LogP contribution in [0.4, 0.5) is 0 Å². The zero-order valence-electron chi connectivity index (χ0n) is 10.8. The number of hydrogen-bond donors (Lipinski definition) is 1. The van der Waals surface area contributed by atoms with E-state index in [4.69, 9.17) is 0 Å². The molecule has 1 saturated carbocycles. The fourth-order valence-corrected chi connectivity index (χ4v) is 4.21. The van der Waals surface area contributed by atoms with E-state index < -0.39 is 5.60 Å². The smallest absolute Gasteiger partial charge is 0.0926 e. The highest BCUT2D eigenvalue weighted by atomic mass is 16.3. The van der Waals surface area contributed by atoms with E-state index in [0.29, 0.717) is 12.1 Å². The Morgan fingerprint density at radius 1 is 0.889 bits per heavy atom. The van der Waals surface area contributed by atoms with Crippen molar-refractivity contribution in [2.45, 2.75) is 62.3 Å². The van der Waals surface area contributed by atoms with Crippen molar-refractivity contribution in [1.29, 1.82) is 0 Å². The molecule has 0 unspecified atom stereocenters. The number of aliphatic hydroxyl groups is 1. The SMILES string of the molecule is OC1(c2ccccc2)C[C@@H]2CC[C@@H](C1)N2C1CC1. The monoisotopic (exact) mass is 243 g/mol. The van der Waals surface area contributed by atoms with Gasteiger partial charge in [0, 0.05) is 18.1 Å². The second-order valence-electron chi connectivity index (χ2n) is 6.37. The molecule has 2 heterocycles. The molecule has 2 bridgehead atoms. The van der Waals surface area contributed by atoms with Crippen LogP contribution in [0.1, 0.15) is 44.1 Å². The molecule has 1 aliphatic carbocycles. The van der Waals surface area contributed by atoms with Crippen LogP contribution in [0.5, 0.6) is 0 Å². The van der Waals surface area contributed by atoms with Crippen LogP contribution < -0.4 is 0 Å². The van der Waals surface area contributed by atoms with Crippen LogP contribution in [-0.4, -0.2) is 28.1 Å². The second-order valence-corrected chi connectivity index (χ2v) is 6.37. The zero-order chi connectivity index (χ0) is 12.2. The summed E-state index contributed by atoms with van der Waals surface area (Å²) >= 11 is 0. The van der Waals surface area contributed by atoms with Crippen LogP contribution in [0, 0.1) is 0 Å². The summed E-state index contributed by atoms with van der Waals surface area (Å²) in [4.78, 5) is 2.73. The molecule has 0 radical (unpaired) electrons. The van der Waals surface area contributed by atoms with Gasteiger partial charge in [-0.05, 0) is 44.1 Å². The van der Waals surface area contributed by atoms with E-state index in [2.05, 4.69) is 17.0 Å². The van der Waals surface area contributed by atoms with Crippen molar-refractivity contribution in [3.05, 3.63) is 35.9 Å². The Hall–Kier alpha value is -0.860. The van der Waals surface area contributed by atoms with E-state index in [1.54, 1.807) is 0 Å². The van der Waals surface area contributed by atoms with Crippen LogP contribution in [-0.2, 0) is 5.60 Å². The summed E-state index contributed by atoms with van der Waals surface area (Å²) < 4.78 is 0. The summed E-state index contributed by atoms with van der Waals surface area (Å²) in [6.07, 6.45) is 7.22. The highest BCUT2D eigenvalue weighted by Gasteiger charge is 2.51. The summed E-state index contributed by atoms with van der Waals surface area (Å²) in [6, 6.07) is 12.4. The fraction of sp³-hybridized carbons (Fsp3) is 0.625. The van der Waals surface area contributed by atoms with Crippen molar-refractivity contribution >= 4 is 0 Å². The van der Waals surface area contributed by atoms with Crippen molar-refractivity contribution in [3.8, 4) is 0 Å². The Morgan fingerprint density at radius 2 is 1.44 bits per heavy atom. The lowest BCUT2D eigenvalue weighted by Gasteiger charge is -2.44.